The first-order valence-corrected chi connectivity index (χ1v) is 16.2. The van der Waals surface area contributed by atoms with Gasteiger partial charge in [0.25, 0.3) is 10.0 Å². The van der Waals surface area contributed by atoms with Gasteiger partial charge in [0, 0.05) is 18.5 Å². The highest BCUT2D eigenvalue weighted by Crippen LogP contribution is 2.26. The molecule has 0 unspecified atom stereocenters. The molecule has 1 N–H and O–H groups in total. The minimum atomic E-state index is -4.26. The van der Waals surface area contributed by atoms with Gasteiger partial charge in [0.15, 0.2) is 0 Å². The van der Waals surface area contributed by atoms with Crippen molar-refractivity contribution in [2.75, 3.05) is 10.8 Å². The van der Waals surface area contributed by atoms with E-state index in [4.69, 9.17) is 0 Å². The Morgan fingerprint density at radius 3 is 1.89 bits per heavy atom. The van der Waals surface area contributed by atoms with E-state index < -0.39 is 39.9 Å². The Morgan fingerprint density at radius 2 is 1.33 bits per heavy atom. The van der Waals surface area contributed by atoms with E-state index in [1.165, 1.54) is 29.2 Å². The van der Waals surface area contributed by atoms with Crippen molar-refractivity contribution in [1.82, 2.24) is 10.2 Å². The Labute approximate surface area is 265 Å². The zero-order valence-electron chi connectivity index (χ0n) is 26.3. The van der Waals surface area contributed by atoms with Crippen LogP contribution in [0, 0.1) is 19.7 Å². The van der Waals surface area contributed by atoms with Crippen LogP contribution in [0.4, 0.5) is 10.1 Å². The van der Waals surface area contributed by atoms with Crippen LogP contribution in [-0.2, 0) is 32.6 Å². The summed E-state index contributed by atoms with van der Waals surface area (Å²) in [7, 11) is -4.26. The van der Waals surface area contributed by atoms with Gasteiger partial charge in [-0.25, -0.2) is 12.8 Å². The lowest BCUT2D eigenvalue weighted by atomic mass is 10.0. The first-order valence-electron chi connectivity index (χ1n) is 14.8. The Hall–Kier alpha value is -4.50. The quantitative estimate of drug-likeness (QED) is 0.214. The fourth-order valence-electron chi connectivity index (χ4n) is 4.87. The number of nitrogens with one attached hydrogen (secondary N) is 1. The number of halogens is 1. The molecule has 0 bridgehead atoms. The van der Waals surface area contributed by atoms with Crippen molar-refractivity contribution in [2.45, 2.75) is 64.1 Å². The minimum absolute atomic E-state index is 0.0124. The molecule has 0 aromatic heterocycles. The number of benzene rings is 4. The second-order valence-corrected chi connectivity index (χ2v) is 14.1. The first kappa shape index (κ1) is 33.4. The van der Waals surface area contributed by atoms with Crippen molar-refractivity contribution >= 4 is 27.5 Å². The lowest BCUT2D eigenvalue weighted by Crippen LogP contribution is -2.56. The molecule has 0 aliphatic rings. The van der Waals surface area contributed by atoms with Gasteiger partial charge in [-0.2, -0.15) is 0 Å². The second-order valence-electron chi connectivity index (χ2n) is 12.3. The number of nitrogens with zero attached hydrogens (tertiary/aromatic N) is 2. The maximum atomic E-state index is 14.5. The molecule has 4 rings (SSSR count). The molecule has 236 valence electrons. The zero-order valence-corrected chi connectivity index (χ0v) is 27.1. The molecule has 45 heavy (non-hydrogen) atoms. The molecular formula is C36H40FN3O4S. The van der Waals surface area contributed by atoms with Crippen molar-refractivity contribution < 1.29 is 22.4 Å². The van der Waals surface area contributed by atoms with Gasteiger partial charge in [-0.3, -0.25) is 13.9 Å². The third kappa shape index (κ3) is 9.01. The Balaban J connectivity index is 1.81. The first-order chi connectivity index (χ1) is 21.2. The van der Waals surface area contributed by atoms with E-state index in [2.05, 4.69) is 5.32 Å². The van der Waals surface area contributed by atoms with E-state index in [0.717, 1.165) is 38.7 Å². The second kappa shape index (κ2) is 14.1. The van der Waals surface area contributed by atoms with E-state index in [1.54, 1.807) is 12.1 Å². The highest BCUT2D eigenvalue weighted by atomic mass is 32.2. The van der Waals surface area contributed by atoms with Gasteiger partial charge in [0.1, 0.15) is 18.4 Å². The minimum Gasteiger partial charge on any atom is -0.350 e. The van der Waals surface area contributed by atoms with Gasteiger partial charge < -0.3 is 10.2 Å². The number of carbonyl (C=O) groups excluding carboxylic acids is 2. The molecule has 7 nitrogen and oxygen atoms in total. The number of amides is 2. The highest BCUT2D eigenvalue weighted by molar-refractivity contribution is 7.92. The van der Waals surface area contributed by atoms with Gasteiger partial charge in [-0.15, -0.1) is 0 Å². The lowest BCUT2D eigenvalue weighted by molar-refractivity contribution is -0.140. The molecule has 4 aromatic rings. The van der Waals surface area contributed by atoms with E-state index in [1.807, 2.05) is 89.2 Å². The third-order valence-electron chi connectivity index (χ3n) is 7.25. The average Bonchev–Trinajstić information content (AvgIpc) is 2.99. The molecule has 4 aromatic carbocycles. The summed E-state index contributed by atoms with van der Waals surface area (Å²) in [5.74, 6) is -1.48. The van der Waals surface area contributed by atoms with Crippen LogP contribution in [-0.4, -0.2) is 43.3 Å². The summed E-state index contributed by atoms with van der Waals surface area (Å²) in [6, 6.07) is 27.3. The van der Waals surface area contributed by atoms with Crippen molar-refractivity contribution in [3.63, 3.8) is 0 Å². The largest absolute Gasteiger partial charge is 0.350 e. The van der Waals surface area contributed by atoms with Crippen LogP contribution in [0.2, 0.25) is 0 Å². The highest BCUT2D eigenvalue weighted by Gasteiger charge is 2.35. The molecule has 0 aliphatic heterocycles. The summed E-state index contributed by atoms with van der Waals surface area (Å²) in [5, 5.41) is 3.02. The number of rotatable bonds is 11. The topological polar surface area (TPSA) is 86.8 Å². The Morgan fingerprint density at radius 1 is 0.778 bits per heavy atom. The van der Waals surface area contributed by atoms with Crippen LogP contribution in [0.5, 0.6) is 0 Å². The van der Waals surface area contributed by atoms with Gasteiger partial charge in [0.2, 0.25) is 11.8 Å². The maximum absolute atomic E-state index is 14.5. The van der Waals surface area contributed by atoms with Crippen molar-refractivity contribution in [3.8, 4) is 0 Å². The van der Waals surface area contributed by atoms with Crippen molar-refractivity contribution in [1.29, 1.82) is 0 Å². The van der Waals surface area contributed by atoms with Gasteiger partial charge in [-0.1, -0.05) is 77.9 Å². The van der Waals surface area contributed by atoms with Crippen molar-refractivity contribution in [2.24, 2.45) is 0 Å². The lowest BCUT2D eigenvalue weighted by Gasteiger charge is -2.35. The normalized spacial score (nSPS) is 12.3. The summed E-state index contributed by atoms with van der Waals surface area (Å²) in [5.41, 5.74) is 3.07. The van der Waals surface area contributed by atoms with Crippen LogP contribution in [0.1, 0.15) is 43.0 Å². The summed E-state index contributed by atoms with van der Waals surface area (Å²) in [6.07, 6.45) is 0.210. The number of hydrogen-bond donors (Lipinski definition) is 1. The summed E-state index contributed by atoms with van der Waals surface area (Å²) >= 11 is 0. The fraction of sp³-hybridized carbons (Fsp3) is 0.278. The van der Waals surface area contributed by atoms with E-state index in [9.17, 15) is 22.4 Å². The monoisotopic (exact) mass is 629 g/mol. The predicted octanol–water partition coefficient (Wildman–Crippen LogP) is 6.19. The smallest absolute Gasteiger partial charge is 0.264 e. The van der Waals surface area contributed by atoms with Gasteiger partial charge in [-0.05, 0) is 82.1 Å². The molecule has 0 saturated heterocycles. The summed E-state index contributed by atoms with van der Waals surface area (Å²) in [4.78, 5) is 29.8. The Bertz CT molecular complexity index is 1700. The van der Waals surface area contributed by atoms with Gasteiger partial charge in [0.05, 0.1) is 10.6 Å². The summed E-state index contributed by atoms with van der Waals surface area (Å²) < 4.78 is 43.0. The van der Waals surface area contributed by atoms with Crippen LogP contribution < -0.4 is 9.62 Å². The molecule has 2 amide bonds. The van der Waals surface area contributed by atoms with E-state index in [0.29, 0.717) is 0 Å². The summed E-state index contributed by atoms with van der Waals surface area (Å²) in [6.45, 7) is 8.84. The van der Waals surface area contributed by atoms with Crippen LogP contribution in [0.25, 0.3) is 0 Å². The standard InChI is InChI=1S/C36H40FN3O4S/c1-26-11-15-29(16-12-26)24-39(33(35(42)38-36(3,4)5)23-28-9-7-6-8-10-28)34(41)25-40(31-19-17-30(37)18-20-31)45(43,44)32-21-13-27(2)14-22-32/h6-22,33H,23-25H2,1-5H3,(H,38,42)/t33-/m1/s1. The van der Waals surface area contributed by atoms with Crippen LogP contribution in [0.15, 0.2) is 108 Å². The molecule has 0 aliphatic carbocycles. The number of hydrogen-bond acceptors (Lipinski definition) is 4. The number of anilines is 1. The number of aryl methyl sites for hydroxylation is 2. The molecule has 0 fully saturated rings. The molecule has 0 heterocycles. The van der Waals surface area contributed by atoms with E-state index in [-0.39, 0.29) is 29.5 Å². The van der Waals surface area contributed by atoms with Gasteiger partial charge >= 0.3 is 0 Å². The average molecular weight is 630 g/mol. The number of carbonyl (C=O) groups is 2. The van der Waals surface area contributed by atoms with Crippen LogP contribution >= 0.6 is 0 Å². The molecule has 0 saturated carbocycles. The van der Waals surface area contributed by atoms with Crippen molar-refractivity contribution in [3.05, 3.63) is 131 Å². The molecule has 0 radical (unpaired) electrons. The Kier molecular flexibility index (Phi) is 10.4. The molecule has 0 spiro atoms. The molecule has 9 heteroatoms. The fourth-order valence-corrected chi connectivity index (χ4v) is 6.28. The van der Waals surface area contributed by atoms with E-state index >= 15 is 0 Å². The molecule has 1 atom stereocenters. The predicted molar refractivity (Wildman–Crippen MR) is 176 cm³/mol. The maximum Gasteiger partial charge on any atom is 0.264 e. The third-order valence-corrected chi connectivity index (χ3v) is 9.03. The zero-order chi connectivity index (χ0) is 32.8. The SMILES string of the molecule is Cc1ccc(CN(C(=O)CN(c2ccc(F)cc2)S(=O)(=O)c2ccc(C)cc2)[C@H](Cc2ccccc2)C(=O)NC(C)(C)C)cc1. The van der Waals surface area contributed by atoms with Crippen LogP contribution in [0.3, 0.4) is 0 Å². The molecular weight excluding hydrogens is 589 g/mol. The number of sulfonamides is 1.